The molecule has 17 heteroatoms. The third-order valence-corrected chi connectivity index (χ3v) is 13.3. The third kappa shape index (κ3) is 8.82. The Morgan fingerprint density at radius 1 is 0.774 bits per heavy atom. The summed E-state index contributed by atoms with van der Waals surface area (Å²) in [5.41, 5.74) is 4.48. The maximum absolute atomic E-state index is 14.1. The van der Waals surface area contributed by atoms with Gasteiger partial charge >= 0.3 is 0 Å². The molecule has 1 fully saturated rings. The molecule has 62 heavy (non-hydrogen) atoms. The number of ether oxygens (including phenoxy) is 2. The molecule has 0 saturated carbocycles. The van der Waals surface area contributed by atoms with Gasteiger partial charge in [0.2, 0.25) is 0 Å². The number of nitriles is 2. The smallest absolute Gasteiger partial charge is 0.264 e. The van der Waals surface area contributed by atoms with Crippen molar-refractivity contribution in [1.29, 1.82) is 10.5 Å². The highest BCUT2D eigenvalue weighted by atomic mass is 32.2. The van der Waals surface area contributed by atoms with Crippen molar-refractivity contribution in [3.8, 4) is 29.4 Å². The number of aryl methyl sites for hydroxylation is 3. The van der Waals surface area contributed by atoms with Crippen LogP contribution in [0.25, 0.3) is 10.8 Å². The third-order valence-electron chi connectivity index (χ3n) is 10.5. The Balaban J connectivity index is 1.22. The fourth-order valence-electron chi connectivity index (χ4n) is 7.18. The number of azo groups is 1. The van der Waals surface area contributed by atoms with Crippen LogP contribution in [0.1, 0.15) is 38.9 Å². The average Bonchev–Trinajstić information content (AvgIpc) is 3.26. The molecule has 1 aliphatic heterocycles. The summed E-state index contributed by atoms with van der Waals surface area (Å²) in [6.07, 6.45) is 0.206. The lowest BCUT2D eigenvalue weighted by Crippen LogP contribution is -2.37. The van der Waals surface area contributed by atoms with Gasteiger partial charge in [-0.1, -0.05) is 30.3 Å². The van der Waals surface area contributed by atoms with E-state index in [1.165, 1.54) is 55.6 Å². The first-order valence-corrected chi connectivity index (χ1v) is 22.2. The van der Waals surface area contributed by atoms with Crippen LogP contribution in [0.4, 0.5) is 28.4 Å². The minimum Gasteiger partial charge on any atom is -0.507 e. The van der Waals surface area contributed by atoms with Crippen LogP contribution in [0.15, 0.2) is 111 Å². The maximum atomic E-state index is 14.1. The van der Waals surface area contributed by atoms with Crippen LogP contribution in [-0.2, 0) is 31.2 Å². The quantitative estimate of drug-likeness (QED) is 0.0675. The van der Waals surface area contributed by atoms with Gasteiger partial charge in [-0.3, -0.25) is 9.44 Å². The van der Waals surface area contributed by atoms with Crippen LogP contribution in [0.3, 0.4) is 0 Å². The number of benzene rings is 6. The number of anilines is 3. The zero-order valence-electron chi connectivity index (χ0n) is 34.1. The van der Waals surface area contributed by atoms with Crippen LogP contribution < -0.4 is 19.1 Å². The van der Waals surface area contributed by atoms with Gasteiger partial charge in [-0.15, -0.1) is 10.2 Å². The molecule has 0 aromatic heterocycles. The number of fused-ring (bicyclic) bond motifs is 1. The largest absolute Gasteiger partial charge is 0.507 e. The SMILES string of the molecule is COc1cc(C#N)c(C#N)cc1N=Nc1cc(C)c(O)c2cccc(Cc3cccc(S(=O)(=O)Nc4ccc(N5CCOCC5)c(S(=O)(=O)Nc5cc(C)c(C)cc5O)c4)c3)c12. The van der Waals surface area contributed by atoms with E-state index in [4.69, 9.17) is 9.47 Å². The van der Waals surface area contributed by atoms with Gasteiger partial charge in [0, 0.05) is 29.9 Å². The first kappa shape index (κ1) is 42.9. The minimum absolute atomic E-state index is 0.00668. The summed E-state index contributed by atoms with van der Waals surface area (Å²) in [6, 6.07) is 27.3. The summed E-state index contributed by atoms with van der Waals surface area (Å²) in [4.78, 5) is 1.56. The molecule has 0 aliphatic carbocycles. The Morgan fingerprint density at radius 2 is 1.47 bits per heavy atom. The van der Waals surface area contributed by atoms with Gasteiger partial charge in [-0.05, 0) is 110 Å². The fraction of sp³-hybridized carbons (Fsp3) is 0.200. The Hall–Kier alpha value is -7.18. The van der Waals surface area contributed by atoms with E-state index in [0.29, 0.717) is 65.1 Å². The van der Waals surface area contributed by atoms with Crippen molar-refractivity contribution in [2.45, 2.75) is 37.0 Å². The van der Waals surface area contributed by atoms with Crippen molar-refractivity contribution in [3.05, 3.63) is 130 Å². The molecule has 0 bridgehead atoms. The second-order valence-corrected chi connectivity index (χ2v) is 18.0. The topological polar surface area (TPSA) is 227 Å². The number of phenolic OH excluding ortho intramolecular Hbond substituents is 2. The molecule has 6 aromatic rings. The van der Waals surface area contributed by atoms with Crippen molar-refractivity contribution in [2.24, 2.45) is 10.2 Å². The zero-order chi connectivity index (χ0) is 44.3. The summed E-state index contributed by atoms with van der Waals surface area (Å²) in [7, 11) is -7.26. The maximum Gasteiger partial charge on any atom is 0.264 e. The summed E-state index contributed by atoms with van der Waals surface area (Å²) in [5, 5.41) is 50.7. The van der Waals surface area contributed by atoms with Gasteiger partial charge in [-0.2, -0.15) is 10.5 Å². The minimum atomic E-state index is -4.38. The van der Waals surface area contributed by atoms with Crippen LogP contribution in [0.2, 0.25) is 0 Å². The lowest BCUT2D eigenvalue weighted by Gasteiger charge is -2.30. The van der Waals surface area contributed by atoms with Crippen molar-refractivity contribution < 1.29 is 36.5 Å². The van der Waals surface area contributed by atoms with Crippen LogP contribution in [-0.4, -0.2) is 60.5 Å². The van der Waals surface area contributed by atoms with Crippen molar-refractivity contribution in [3.63, 3.8) is 0 Å². The molecule has 6 aromatic carbocycles. The van der Waals surface area contributed by atoms with Gasteiger partial charge in [-0.25, -0.2) is 16.8 Å². The number of hydrogen-bond donors (Lipinski definition) is 4. The molecule has 0 radical (unpaired) electrons. The summed E-state index contributed by atoms with van der Waals surface area (Å²) < 4.78 is 72.1. The Labute approximate surface area is 359 Å². The van der Waals surface area contributed by atoms with Gasteiger partial charge in [0.05, 0.1) is 59.1 Å². The summed E-state index contributed by atoms with van der Waals surface area (Å²) in [5.74, 6) is 0.0124. The van der Waals surface area contributed by atoms with Crippen LogP contribution in [0, 0.1) is 43.4 Å². The Morgan fingerprint density at radius 3 is 2.19 bits per heavy atom. The molecule has 0 unspecified atom stereocenters. The highest BCUT2D eigenvalue weighted by Crippen LogP contribution is 2.41. The highest BCUT2D eigenvalue weighted by Gasteiger charge is 2.27. The fourth-order valence-corrected chi connectivity index (χ4v) is 9.62. The van der Waals surface area contributed by atoms with E-state index in [1.807, 2.05) is 23.1 Å². The van der Waals surface area contributed by atoms with Crippen LogP contribution >= 0.6 is 0 Å². The molecule has 1 aliphatic rings. The molecule has 4 N–H and O–H groups in total. The molecule has 1 heterocycles. The zero-order valence-corrected chi connectivity index (χ0v) is 35.7. The average molecular weight is 872 g/mol. The lowest BCUT2D eigenvalue weighted by atomic mass is 9.95. The number of aromatic hydroxyl groups is 2. The van der Waals surface area contributed by atoms with Crippen LogP contribution in [0.5, 0.6) is 17.2 Å². The lowest BCUT2D eigenvalue weighted by molar-refractivity contribution is 0.122. The van der Waals surface area contributed by atoms with E-state index < -0.39 is 20.0 Å². The first-order valence-electron chi connectivity index (χ1n) is 19.2. The summed E-state index contributed by atoms with van der Waals surface area (Å²) >= 11 is 0. The van der Waals surface area contributed by atoms with E-state index in [-0.39, 0.29) is 61.6 Å². The Kier molecular flexibility index (Phi) is 12.1. The van der Waals surface area contributed by atoms with Gasteiger partial charge in [0.15, 0.2) is 0 Å². The van der Waals surface area contributed by atoms with E-state index in [2.05, 4.69) is 19.7 Å². The number of sulfonamides is 2. The standard InChI is InChI=1S/C45H41N7O8S2/c1-27-17-37(41(53)19-28(27)2)51-62(57,58)43-24-34(11-12-40(43)52-13-15-60-16-14-52)50-61(55,56)35-9-5-7-30(21-35)20-31-8-6-10-36-44(31)39(18-29(3)45(36)54)49-48-38-22-32(25-46)33(26-47)23-42(38)59-4/h5-12,17-19,21-24,50-51,53-54H,13-16,20H2,1-4H3. The number of methoxy groups -OCH3 is 1. The van der Waals surface area contributed by atoms with E-state index in [9.17, 15) is 37.6 Å². The number of nitrogens with zero attached hydrogens (tertiary/aromatic N) is 5. The molecular formula is C45H41N7O8S2. The van der Waals surface area contributed by atoms with Gasteiger partial charge in [0.1, 0.15) is 40.0 Å². The normalized spacial score (nSPS) is 13.2. The van der Waals surface area contributed by atoms with E-state index in [0.717, 1.165) is 11.1 Å². The van der Waals surface area contributed by atoms with Gasteiger partial charge < -0.3 is 24.6 Å². The van der Waals surface area contributed by atoms with Crippen molar-refractivity contribution >= 4 is 59.3 Å². The second-order valence-electron chi connectivity index (χ2n) is 14.7. The molecule has 0 atom stereocenters. The molecule has 15 nitrogen and oxygen atoms in total. The van der Waals surface area contributed by atoms with Crippen molar-refractivity contribution in [1.82, 2.24) is 0 Å². The van der Waals surface area contributed by atoms with Crippen molar-refractivity contribution in [2.75, 3.05) is 47.8 Å². The first-order chi connectivity index (χ1) is 29.6. The number of nitrogens with one attached hydrogen (secondary N) is 2. The predicted octanol–water partition coefficient (Wildman–Crippen LogP) is 8.37. The molecule has 0 amide bonds. The Bertz CT molecular complexity index is 3100. The highest BCUT2D eigenvalue weighted by molar-refractivity contribution is 7.93. The number of phenols is 2. The molecule has 316 valence electrons. The predicted molar refractivity (Wildman–Crippen MR) is 235 cm³/mol. The number of rotatable bonds is 12. The molecule has 0 spiro atoms. The summed E-state index contributed by atoms with van der Waals surface area (Å²) in [6.45, 7) is 6.87. The number of morpholine rings is 1. The second kappa shape index (κ2) is 17.4. The molecule has 1 saturated heterocycles. The monoisotopic (exact) mass is 871 g/mol. The number of hydrogen-bond acceptors (Lipinski definition) is 13. The van der Waals surface area contributed by atoms with E-state index in [1.54, 1.807) is 57.2 Å². The van der Waals surface area contributed by atoms with E-state index >= 15 is 0 Å². The van der Waals surface area contributed by atoms with Gasteiger partial charge in [0.25, 0.3) is 20.0 Å². The molecule has 7 rings (SSSR count). The molecular weight excluding hydrogens is 831 g/mol.